The molecule has 1 saturated heterocycles. The van der Waals surface area contributed by atoms with Gasteiger partial charge in [0.25, 0.3) is 0 Å². The van der Waals surface area contributed by atoms with Crippen LogP contribution in [0.5, 0.6) is 0 Å². The van der Waals surface area contributed by atoms with E-state index in [1.165, 1.54) is 21.8 Å². The van der Waals surface area contributed by atoms with E-state index in [0.717, 1.165) is 24.9 Å². The summed E-state index contributed by atoms with van der Waals surface area (Å²) in [5, 5.41) is 2.41. The first-order valence-corrected chi connectivity index (χ1v) is 10.3. The molecule has 3 aromatic rings. The number of hydrogen-bond donors (Lipinski definition) is 1. The summed E-state index contributed by atoms with van der Waals surface area (Å²) in [6.07, 6.45) is 5.03. The highest BCUT2D eigenvalue weighted by atomic mass is 16.2. The van der Waals surface area contributed by atoms with Crippen molar-refractivity contribution in [2.24, 2.45) is 11.7 Å². The Bertz CT molecular complexity index is 1110. The number of carbonyl (C=O) groups is 2. The molecule has 1 aliphatic heterocycles. The molecule has 0 radical (unpaired) electrons. The third-order valence-electron chi connectivity index (χ3n) is 6.10. The van der Waals surface area contributed by atoms with E-state index in [2.05, 4.69) is 47.9 Å². The average Bonchev–Trinajstić information content (AvgIpc) is 3.05. The second kappa shape index (κ2) is 7.74. The zero-order chi connectivity index (χ0) is 20.5. The predicted octanol–water partition coefficient (Wildman–Crippen LogP) is 3.94. The highest BCUT2D eigenvalue weighted by Crippen LogP contribution is 2.30. The van der Waals surface area contributed by atoms with Gasteiger partial charge in [-0.2, -0.15) is 0 Å². The Balaban J connectivity index is 1.62. The number of primary amides is 1. The van der Waals surface area contributed by atoms with E-state index in [-0.39, 0.29) is 23.8 Å². The van der Waals surface area contributed by atoms with Crippen molar-refractivity contribution in [2.45, 2.75) is 39.3 Å². The van der Waals surface area contributed by atoms with Crippen LogP contribution in [-0.4, -0.2) is 33.9 Å². The first kappa shape index (κ1) is 19.2. The number of amides is 2. The molecule has 2 aromatic carbocycles. The molecule has 2 heterocycles. The number of piperidine rings is 1. The lowest BCUT2D eigenvalue weighted by Crippen LogP contribution is -2.48. The summed E-state index contributed by atoms with van der Waals surface area (Å²) >= 11 is 0. The molecule has 0 bridgehead atoms. The minimum atomic E-state index is -0.323. The molecule has 0 unspecified atom stereocenters. The standard InChI is InChI=1S/C24H27N3O2/c1-3-26-21-7-5-4-6-19(21)20-14-17(9-12-22(20)26)10-13-23(28)27-15-18(24(25)29)11-8-16(27)2/h4-7,9-10,12-14,16,18H,3,8,11,15H2,1-2H3,(H2,25,29)/b13-10-/t16-,18+/m0/s1. The van der Waals surface area contributed by atoms with Crippen LogP contribution in [0.2, 0.25) is 0 Å². The summed E-state index contributed by atoms with van der Waals surface area (Å²) in [6, 6.07) is 14.8. The van der Waals surface area contributed by atoms with Gasteiger partial charge in [0.15, 0.2) is 0 Å². The van der Waals surface area contributed by atoms with Gasteiger partial charge in [-0.05, 0) is 56.5 Å². The molecule has 1 aliphatic rings. The van der Waals surface area contributed by atoms with Gasteiger partial charge in [-0.25, -0.2) is 0 Å². The van der Waals surface area contributed by atoms with Crippen LogP contribution in [0.3, 0.4) is 0 Å². The number of para-hydroxylation sites is 1. The van der Waals surface area contributed by atoms with Crippen LogP contribution >= 0.6 is 0 Å². The molecule has 0 saturated carbocycles. The second-order valence-corrected chi connectivity index (χ2v) is 7.89. The van der Waals surface area contributed by atoms with E-state index in [1.54, 1.807) is 11.0 Å². The van der Waals surface area contributed by atoms with Crippen molar-refractivity contribution in [1.82, 2.24) is 9.47 Å². The lowest BCUT2D eigenvalue weighted by Gasteiger charge is -2.36. The largest absolute Gasteiger partial charge is 0.369 e. The number of fused-ring (bicyclic) bond motifs is 3. The Morgan fingerprint density at radius 2 is 1.86 bits per heavy atom. The number of aromatic nitrogens is 1. The van der Waals surface area contributed by atoms with E-state index in [9.17, 15) is 9.59 Å². The van der Waals surface area contributed by atoms with Crippen LogP contribution in [0, 0.1) is 5.92 Å². The normalized spacial score (nSPS) is 20.0. The van der Waals surface area contributed by atoms with E-state index in [1.807, 2.05) is 19.1 Å². The van der Waals surface area contributed by atoms with Crippen molar-refractivity contribution in [3.63, 3.8) is 0 Å². The molecule has 2 atom stereocenters. The number of aryl methyl sites for hydroxylation is 1. The molecular weight excluding hydrogens is 362 g/mol. The third kappa shape index (κ3) is 3.53. The third-order valence-corrected chi connectivity index (χ3v) is 6.10. The lowest BCUT2D eigenvalue weighted by molar-refractivity contribution is -0.133. The van der Waals surface area contributed by atoms with Gasteiger partial charge in [0.1, 0.15) is 0 Å². The highest BCUT2D eigenvalue weighted by Gasteiger charge is 2.30. The maximum Gasteiger partial charge on any atom is 0.246 e. The summed E-state index contributed by atoms with van der Waals surface area (Å²) in [4.78, 5) is 26.1. The van der Waals surface area contributed by atoms with Gasteiger partial charge in [-0.3, -0.25) is 9.59 Å². The fraction of sp³-hybridized carbons (Fsp3) is 0.333. The van der Waals surface area contributed by atoms with Crippen molar-refractivity contribution in [3.8, 4) is 0 Å². The van der Waals surface area contributed by atoms with Crippen molar-refractivity contribution in [1.29, 1.82) is 0 Å². The van der Waals surface area contributed by atoms with Gasteiger partial charge in [-0.15, -0.1) is 0 Å². The van der Waals surface area contributed by atoms with Crippen molar-refractivity contribution in [2.75, 3.05) is 6.54 Å². The van der Waals surface area contributed by atoms with Crippen LogP contribution in [-0.2, 0) is 16.1 Å². The maximum absolute atomic E-state index is 12.8. The fourth-order valence-corrected chi connectivity index (χ4v) is 4.43. The molecule has 1 fully saturated rings. The van der Waals surface area contributed by atoms with Crippen LogP contribution in [0.25, 0.3) is 27.9 Å². The van der Waals surface area contributed by atoms with Crippen molar-refractivity contribution in [3.05, 3.63) is 54.1 Å². The van der Waals surface area contributed by atoms with Crippen molar-refractivity contribution < 1.29 is 9.59 Å². The Morgan fingerprint density at radius 1 is 1.10 bits per heavy atom. The first-order valence-electron chi connectivity index (χ1n) is 10.3. The molecular formula is C24H27N3O2. The van der Waals surface area contributed by atoms with Gasteiger partial charge < -0.3 is 15.2 Å². The smallest absolute Gasteiger partial charge is 0.246 e. The molecule has 5 heteroatoms. The Kier molecular flexibility index (Phi) is 5.14. The second-order valence-electron chi connectivity index (χ2n) is 7.89. The summed E-state index contributed by atoms with van der Waals surface area (Å²) in [5.74, 6) is -0.643. The van der Waals surface area contributed by atoms with Gasteiger partial charge in [-0.1, -0.05) is 24.3 Å². The lowest BCUT2D eigenvalue weighted by atomic mass is 9.93. The van der Waals surface area contributed by atoms with Crippen molar-refractivity contribution >= 4 is 39.7 Å². The van der Waals surface area contributed by atoms with E-state index >= 15 is 0 Å². The summed E-state index contributed by atoms with van der Waals surface area (Å²) < 4.78 is 2.31. The average molecular weight is 389 g/mol. The van der Waals surface area contributed by atoms with Gasteiger partial charge >= 0.3 is 0 Å². The highest BCUT2D eigenvalue weighted by molar-refractivity contribution is 6.08. The Morgan fingerprint density at radius 3 is 2.62 bits per heavy atom. The number of nitrogens with two attached hydrogens (primary N) is 1. The molecule has 2 N–H and O–H groups in total. The molecule has 1 aromatic heterocycles. The summed E-state index contributed by atoms with van der Waals surface area (Å²) in [5.41, 5.74) is 8.87. The van der Waals surface area contributed by atoms with Gasteiger partial charge in [0, 0.05) is 47.0 Å². The van der Waals surface area contributed by atoms with E-state index < -0.39 is 0 Å². The minimum absolute atomic E-state index is 0.0699. The summed E-state index contributed by atoms with van der Waals surface area (Å²) in [6.45, 7) is 5.49. The molecule has 0 aliphatic carbocycles. The maximum atomic E-state index is 12.8. The Labute approximate surface area is 170 Å². The minimum Gasteiger partial charge on any atom is -0.369 e. The fourth-order valence-electron chi connectivity index (χ4n) is 4.43. The number of carbonyl (C=O) groups excluding carboxylic acids is 2. The Hall–Kier alpha value is -3.08. The van der Waals surface area contributed by atoms with Gasteiger partial charge in [0.2, 0.25) is 11.8 Å². The zero-order valence-electron chi connectivity index (χ0n) is 17.0. The zero-order valence-corrected chi connectivity index (χ0v) is 17.0. The van der Waals surface area contributed by atoms with Crippen LogP contribution in [0.1, 0.15) is 32.3 Å². The molecule has 5 nitrogen and oxygen atoms in total. The first-order chi connectivity index (χ1) is 14.0. The number of hydrogen-bond acceptors (Lipinski definition) is 2. The molecule has 0 spiro atoms. The number of rotatable bonds is 4. The monoisotopic (exact) mass is 389 g/mol. The predicted molar refractivity (Wildman–Crippen MR) is 117 cm³/mol. The molecule has 2 amide bonds. The van der Waals surface area contributed by atoms with E-state index in [4.69, 9.17) is 5.73 Å². The quantitative estimate of drug-likeness (QED) is 0.687. The number of nitrogens with zero attached hydrogens (tertiary/aromatic N) is 2. The summed E-state index contributed by atoms with van der Waals surface area (Å²) in [7, 11) is 0. The van der Waals surface area contributed by atoms with E-state index in [0.29, 0.717) is 6.54 Å². The molecule has 4 rings (SSSR count). The van der Waals surface area contributed by atoms with Gasteiger partial charge in [0.05, 0.1) is 5.92 Å². The topological polar surface area (TPSA) is 68.3 Å². The molecule has 29 heavy (non-hydrogen) atoms. The van der Waals surface area contributed by atoms with Crippen LogP contribution < -0.4 is 5.73 Å². The van der Waals surface area contributed by atoms with Crippen LogP contribution in [0.4, 0.5) is 0 Å². The number of benzene rings is 2. The number of likely N-dealkylation sites (tertiary alicyclic amines) is 1. The molecule has 150 valence electrons. The van der Waals surface area contributed by atoms with Crippen LogP contribution in [0.15, 0.2) is 48.5 Å². The SMILES string of the molecule is CCn1c2ccccc2c2cc(/C=C\C(=O)N3C[C@H](C(N)=O)CC[C@@H]3C)ccc21.